The Bertz CT molecular complexity index is 1180. The first-order valence-corrected chi connectivity index (χ1v) is 11.5. The van der Waals surface area contributed by atoms with E-state index in [4.69, 9.17) is 0 Å². The Morgan fingerprint density at radius 1 is 1.17 bits per heavy atom. The summed E-state index contributed by atoms with van der Waals surface area (Å²) in [7, 11) is 1.79. The van der Waals surface area contributed by atoms with Gasteiger partial charge in [0.2, 0.25) is 11.8 Å². The first-order chi connectivity index (χ1) is 16.9. The number of nitrogens with one attached hydrogen (secondary N) is 4. The van der Waals surface area contributed by atoms with E-state index < -0.39 is 0 Å². The Balaban J connectivity index is 1.73. The number of carbonyl (C=O) groups excluding carboxylic acids is 3. The number of rotatable bonds is 8. The van der Waals surface area contributed by atoms with Crippen LogP contribution in [0.5, 0.6) is 0 Å². The number of benzene rings is 1. The fraction of sp³-hybridized carbons (Fsp3) is 0.320. The largest absolute Gasteiger partial charge is 0.373 e. The summed E-state index contributed by atoms with van der Waals surface area (Å²) in [6.07, 6.45) is 5.61. The van der Waals surface area contributed by atoms with E-state index in [9.17, 15) is 14.4 Å². The van der Waals surface area contributed by atoms with Gasteiger partial charge < -0.3 is 26.2 Å². The first-order valence-electron chi connectivity index (χ1n) is 11.5. The van der Waals surface area contributed by atoms with Crippen molar-refractivity contribution in [2.45, 2.75) is 25.4 Å². The number of aromatic nitrogens is 2. The van der Waals surface area contributed by atoms with E-state index in [2.05, 4.69) is 49.3 Å². The van der Waals surface area contributed by atoms with Gasteiger partial charge >= 0.3 is 0 Å². The molecule has 2 atom stereocenters. The minimum atomic E-state index is -0.345. The van der Waals surface area contributed by atoms with E-state index in [-0.39, 0.29) is 29.7 Å². The summed E-state index contributed by atoms with van der Waals surface area (Å²) in [5, 5.41) is 11.6. The maximum Gasteiger partial charge on any atom is 0.251 e. The van der Waals surface area contributed by atoms with Gasteiger partial charge in [-0.05, 0) is 54.2 Å². The van der Waals surface area contributed by atoms with Gasteiger partial charge in [-0.25, -0.2) is 9.97 Å². The van der Waals surface area contributed by atoms with Crippen LogP contribution < -0.4 is 26.2 Å². The quantitative estimate of drug-likeness (QED) is 0.431. The molecule has 3 heterocycles. The molecule has 2 aliphatic rings. The van der Waals surface area contributed by atoms with Crippen molar-refractivity contribution >= 4 is 35.0 Å². The molecule has 4 N–H and O–H groups in total. The van der Waals surface area contributed by atoms with E-state index in [1.165, 1.54) is 18.5 Å². The molecule has 2 aliphatic heterocycles. The highest BCUT2D eigenvalue weighted by molar-refractivity contribution is 6.03. The molecule has 1 aromatic heterocycles. The lowest BCUT2D eigenvalue weighted by atomic mass is 9.85. The molecule has 0 aliphatic carbocycles. The van der Waals surface area contributed by atoms with Crippen LogP contribution in [-0.4, -0.2) is 47.8 Å². The predicted octanol–water partition coefficient (Wildman–Crippen LogP) is 2.15. The van der Waals surface area contributed by atoms with E-state index in [0.717, 1.165) is 29.8 Å². The molecule has 1 saturated heterocycles. The number of amides is 3. The summed E-state index contributed by atoms with van der Waals surface area (Å²) in [4.78, 5) is 47.2. The van der Waals surface area contributed by atoms with Crippen LogP contribution in [0, 0.1) is 5.92 Å². The smallest absolute Gasteiger partial charge is 0.251 e. The van der Waals surface area contributed by atoms with Crippen molar-refractivity contribution in [3.8, 4) is 0 Å². The Morgan fingerprint density at radius 3 is 2.71 bits per heavy atom. The zero-order valence-corrected chi connectivity index (χ0v) is 19.6. The molecule has 1 aromatic carbocycles. The number of nitrogens with zero attached hydrogens (tertiary/aromatic N) is 3. The molecule has 10 heteroatoms. The Labute approximate surface area is 203 Å². The molecule has 3 amide bonds. The van der Waals surface area contributed by atoms with Crippen LogP contribution >= 0.6 is 0 Å². The zero-order valence-electron chi connectivity index (χ0n) is 19.6. The molecule has 182 valence electrons. The lowest BCUT2D eigenvalue weighted by Gasteiger charge is -2.41. The van der Waals surface area contributed by atoms with Crippen LogP contribution in [0.2, 0.25) is 0 Å². The molecule has 10 nitrogen and oxygen atoms in total. The maximum absolute atomic E-state index is 12.5. The van der Waals surface area contributed by atoms with Gasteiger partial charge in [0, 0.05) is 44.0 Å². The molecular formula is C25H29N7O3. The number of carbonyl (C=O) groups is 3. The van der Waals surface area contributed by atoms with Crippen LogP contribution in [0.25, 0.3) is 0 Å². The fourth-order valence-electron chi connectivity index (χ4n) is 4.67. The van der Waals surface area contributed by atoms with E-state index in [1.54, 1.807) is 13.1 Å². The predicted molar refractivity (Wildman–Crippen MR) is 134 cm³/mol. The molecule has 0 bridgehead atoms. The van der Waals surface area contributed by atoms with E-state index >= 15 is 0 Å². The number of piperidine rings is 1. The van der Waals surface area contributed by atoms with Gasteiger partial charge in [0.1, 0.15) is 18.0 Å². The van der Waals surface area contributed by atoms with Crippen LogP contribution in [0.3, 0.4) is 0 Å². The summed E-state index contributed by atoms with van der Waals surface area (Å²) in [5.41, 5.74) is 2.97. The number of fused-ring (bicyclic) bond motifs is 1. The molecule has 4 rings (SSSR count). The molecule has 0 radical (unpaired) electrons. The molecule has 0 spiro atoms. The highest BCUT2D eigenvalue weighted by Crippen LogP contribution is 2.40. The summed E-state index contributed by atoms with van der Waals surface area (Å²) in [5.74, 6) is 0.904. The lowest BCUT2D eigenvalue weighted by molar-refractivity contribution is -0.116. The normalized spacial score (nSPS) is 18.8. The monoisotopic (exact) mass is 475 g/mol. The van der Waals surface area contributed by atoms with Gasteiger partial charge in [-0.3, -0.25) is 14.4 Å². The van der Waals surface area contributed by atoms with Gasteiger partial charge in [-0.15, -0.1) is 0 Å². The number of hydrogen-bond donors (Lipinski definition) is 4. The Hall–Kier alpha value is -4.21. The zero-order chi connectivity index (χ0) is 24.9. The standard InChI is InChI=1S/C25H29N7O3/c1-4-23(33)27-11-15-6-7-20(32(13-15)22-10-21(26-3)29-14-30-22)17-8-16(31-24(34)5-2)9-18-19(17)12-28-25(18)35/h4-5,8-10,14-15,20H,1-2,6-7,11-13H2,3H3,(H,27,33)(H,28,35)(H,31,34)(H,26,29,30). The summed E-state index contributed by atoms with van der Waals surface area (Å²) < 4.78 is 0. The Kier molecular flexibility index (Phi) is 7.09. The highest BCUT2D eigenvalue weighted by atomic mass is 16.2. The van der Waals surface area contributed by atoms with Crippen molar-refractivity contribution in [2.24, 2.45) is 5.92 Å². The van der Waals surface area contributed by atoms with E-state index in [0.29, 0.717) is 36.7 Å². The second kappa shape index (κ2) is 10.4. The minimum absolute atomic E-state index is 0.0944. The fourth-order valence-corrected chi connectivity index (χ4v) is 4.67. The summed E-state index contributed by atoms with van der Waals surface area (Å²) >= 11 is 0. The molecule has 2 aromatic rings. The molecule has 1 fully saturated rings. The third kappa shape index (κ3) is 5.16. The summed E-state index contributed by atoms with van der Waals surface area (Å²) in [6.45, 7) is 8.61. The van der Waals surface area contributed by atoms with Crippen molar-refractivity contribution in [3.63, 3.8) is 0 Å². The Morgan fingerprint density at radius 2 is 1.97 bits per heavy atom. The van der Waals surface area contributed by atoms with Crippen molar-refractivity contribution in [1.82, 2.24) is 20.6 Å². The molecular weight excluding hydrogens is 446 g/mol. The van der Waals surface area contributed by atoms with Gasteiger partial charge in [0.15, 0.2) is 0 Å². The molecule has 0 saturated carbocycles. The van der Waals surface area contributed by atoms with Crippen molar-refractivity contribution < 1.29 is 14.4 Å². The number of hydrogen-bond acceptors (Lipinski definition) is 7. The second-order valence-electron chi connectivity index (χ2n) is 8.54. The third-order valence-electron chi connectivity index (χ3n) is 6.40. The average molecular weight is 476 g/mol. The van der Waals surface area contributed by atoms with Crippen molar-refractivity contribution in [3.05, 3.63) is 66.5 Å². The summed E-state index contributed by atoms with van der Waals surface area (Å²) in [6, 6.07) is 5.42. The third-order valence-corrected chi connectivity index (χ3v) is 6.40. The highest BCUT2D eigenvalue weighted by Gasteiger charge is 2.35. The average Bonchev–Trinajstić information content (AvgIpc) is 3.27. The van der Waals surface area contributed by atoms with Gasteiger partial charge in [-0.2, -0.15) is 0 Å². The first kappa shape index (κ1) is 23.9. The molecule has 2 unspecified atom stereocenters. The minimum Gasteiger partial charge on any atom is -0.373 e. The topological polar surface area (TPSA) is 128 Å². The number of anilines is 3. The van der Waals surface area contributed by atoms with Crippen LogP contribution in [0.4, 0.5) is 17.3 Å². The van der Waals surface area contributed by atoms with Gasteiger partial charge in [0.05, 0.1) is 6.04 Å². The van der Waals surface area contributed by atoms with Gasteiger partial charge in [-0.1, -0.05) is 13.2 Å². The maximum atomic E-state index is 12.5. The van der Waals surface area contributed by atoms with Crippen molar-refractivity contribution in [1.29, 1.82) is 0 Å². The van der Waals surface area contributed by atoms with Crippen LogP contribution in [-0.2, 0) is 16.1 Å². The van der Waals surface area contributed by atoms with Crippen LogP contribution in [0.1, 0.15) is 40.4 Å². The van der Waals surface area contributed by atoms with Crippen LogP contribution in [0.15, 0.2) is 49.8 Å². The van der Waals surface area contributed by atoms with Crippen molar-refractivity contribution in [2.75, 3.05) is 35.7 Å². The van der Waals surface area contributed by atoms with E-state index in [1.807, 2.05) is 12.1 Å². The lowest BCUT2D eigenvalue weighted by Crippen LogP contribution is -2.43. The van der Waals surface area contributed by atoms with Gasteiger partial charge in [0.25, 0.3) is 5.91 Å². The molecule has 35 heavy (non-hydrogen) atoms. The second-order valence-corrected chi connectivity index (χ2v) is 8.54. The SMILES string of the molecule is C=CC(=O)NCC1CCC(c2cc(NC(=O)C=C)cc3c2CNC3=O)N(c2cc(NC)ncn2)C1.